The lowest BCUT2D eigenvalue weighted by Gasteiger charge is -2.10. The lowest BCUT2D eigenvalue weighted by atomic mass is 10.1. The molecule has 0 radical (unpaired) electrons. The number of rotatable bonds is 2. The number of nitrogens with zero attached hydrogens (tertiary/aromatic N) is 5. The maximum Gasteiger partial charge on any atom is 0.332 e. The Kier molecular flexibility index (Phi) is 4.13. The second-order valence-corrected chi connectivity index (χ2v) is 7.81. The van der Waals surface area contributed by atoms with Crippen LogP contribution in [-0.4, -0.2) is 23.1 Å². The van der Waals surface area contributed by atoms with Crippen LogP contribution >= 0.6 is 23.2 Å². The lowest BCUT2D eigenvalue weighted by molar-refractivity contribution is 0.708. The average Bonchev–Trinajstić information content (AvgIpc) is 3.27. The molecule has 0 unspecified atom stereocenters. The summed E-state index contributed by atoms with van der Waals surface area (Å²) in [7, 11) is 3.05. The first kappa shape index (κ1) is 18.7. The Morgan fingerprint density at radius 3 is 2.37 bits per heavy atom. The topological polar surface area (TPSA) is 66.2 Å². The number of fused-ring (bicyclic) bond motifs is 3. The smallest absolute Gasteiger partial charge is 0.279 e. The minimum Gasteiger partial charge on any atom is -0.279 e. The van der Waals surface area contributed by atoms with E-state index in [1.807, 2.05) is 41.0 Å². The molecular formula is C21H15Cl2N5O2. The molecule has 0 fully saturated rings. The molecule has 0 N–H and O–H groups in total. The molecule has 30 heavy (non-hydrogen) atoms. The number of hydrogen-bond acceptors (Lipinski definition) is 3. The molecule has 0 spiro atoms. The van der Waals surface area contributed by atoms with Gasteiger partial charge in [0.15, 0.2) is 11.2 Å². The number of aryl methyl sites for hydroxylation is 1. The molecule has 2 aromatic carbocycles. The Balaban J connectivity index is 1.99. The van der Waals surface area contributed by atoms with Gasteiger partial charge < -0.3 is 0 Å². The van der Waals surface area contributed by atoms with Gasteiger partial charge in [-0.25, -0.2) is 4.79 Å². The van der Waals surface area contributed by atoms with E-state index < -0.39 is 11.2 Å². The molecule has 0 aliphatic rings. The van der Waals surface area contributed by atoms with Gasteiger partial charge in [-0.05, 0) is 30.3 Å². The highest BCUT2D eigenvalue weighted by Crippen LogP contribution is 2.34. The molecule has 0 atom stereocenters. The van der Waals surface area contributed by atoms with Crippen LogP contribution in [0.1, 0.15) is 0 Å². The highest BCUT2D eigenvalue weighted by Gasteiger charge is 2.22. The molecule has 0 aliphatic heterocycles. The fourth-order valence-corrected chi connectivity index (χ4v) is 4.20. The van der Waals surface area contributed by atoms with Crippen LogP contribution in [0.4, 0.5) is 0 Å². The third-order valence-corrected chi connectivity index (χ3v) is 5.73. The molecule has 9 heteroatoms. The molecule has 5 aromatic rings. The van der Waals surface area contributed by atoms with Crippen LogP contribution in [0.3, 0.4) is 0 Å². The number of aromatic nitrogens is 5. The molecule has 3 heterocycles. The van der Waals surface area contributed by atoms with E-state index in [9.17, 15) is 9.59 Å². The van der Waals surface area contributed by atoms with Crippen molar-refractivity contribution in [1.82, 2.24) is 23.1 Å². The van der Waals surface area contributed by atoms with Gasteiger partial charge in [-0.15, -0.1) is 0 Å². The van der Waals surface area contributed by atoms with Crippen molar-refractivity contribution in [3.8, 4) is 16.9 Å². The van der Waals surface area contributed by atoms with Crippen molar-refractivity contribution >= 4 is 40.1 Å². The van der Waals surface area contributed by atoms with Gasteiger partial charge in [0.1, 0.15) is 0 Å². The van der Waals surface area contributed by atoms with Crippen molar-refractivity contribution in [3.05, 3.63) is 85.6 Å². The zero-order valence-corrected chi connectivity index (χ0v) is 17.5. The zero-order chi connectivity index (χ0) is 21.2. The third kappa shape index (κ3) is 2.56. The van der Waals surface area contributed by atoms with Gasteiger partial charge >= 0.3 is 5.69 Å². The molecule has 150 valence electrons. The Hall–Kier alpha value is -3.29. The second-order valence-electron chi connectivity index (χ2n) is 6.97. The quantitative estimate of drug-likeness (QED) is 0.421. The van der Waals surface area contributed by atoms with Crippen molar-refractivity contribution in [3.63, 3.8) is 0 Å². The maximum atomic E-state index is 12.9. The standard InChI is InChI=1S/C21H15Cl2N5O2/c1-25-18-17(19(29)26(2)21(25)30)27-11-16(14-9-8-12(22)10-15(14)23)28(20(27)24-18)13-6-4-3-5-7-13/h3-11H,1-2H3. The van der Waals surface area contributed by atoms with Crippen molar-refractivity contribution in [2.75, 3.05) is 0 Å². The van der Waals surface area contributed by atoms with Crippen molar-refractivity contribution in [2.24, 2.45) is 14.1 Å². The van der Waals surface area contributed by atoms with Crippen LogP contribution in [0.2, 0.25) is 10.0 Å². The SMILES string of the molecule is Cn1c(=O)c2c(nc3n(-c4ccccc4)c(-c4ccc(Cl)cc4Cl)cn23)n(C)c1=O. The summed E-state index contributed by atoms with van der Waals surface area (Å²) in [6.45, 7) is 0. The average molecular weight is 440 g/mol. The summed E-state index contributed by atoms with van der Waals surface area (Å²) in [6.07, 6.45) is 1.80. The highest BCUT2D eigenvalue weighted by atomic mass is 35.5. The normalized spacial score (nSPS) is 11.6. The minimum atomic E-state index is -0.430. The molecular weight excluding hydrogens is 425 g/mol. The summed E-state index contributed by atoms with van der Waals surface area (Å²) in [6, 6.07) is 14.9. The van der Waals surface area contributed by atoms with E-state index in [1.54, 1.807) is 29.8 Å². The van der Waals surface area contributed by atoms with Crippen LogP contribution in [-0.2, 0) is 14.1 Å². The molecule has 0 amide bonds. The molecule has 0 aliphatic carbocycles. The predicted molar refractivity (Wildman–Crippen MR) is 118 cm³/mol. The highest BCUT2D eigenvalue weighted by molar-refractivity contribution is 6.36. The summed E-state index contributed by atoms with van der Waals surface area (Å²) in [5.74, 6) is 0.496. The summed E-state index contributed by atoms with van der Waals surface area (Å²) in [5.41, 5.74) is 2.10. The van der Waals surface area contributed by atoms with Gasteiger partial charge in [0.25, 0.3) is 5.56 Å². The van der Waals surface area contributed by atoms with Gasteiger partial charge in [-0.3, -0.25) is 22.9 Å². The van der Waals surface area contributed by atoms with Crippen LogP contribution in [0.25, 0.3) is 33.9 Å². The van der Waals surface area contributed by atoms with Crippen molar-refractivity contribution in [1.29, 1.82) is 0 Å². The number of imidazole rings is 2. The fraction of sp³-hybridized carbons (Fsp3) is 0.0952. The Bertz CT molecular complexity index is 1580. The summed E-state index contributed by atoms with van der Waals surface area (Å²) >= 11 is 12.6. The monoisotopic (exact) mass is 439 g/mol. The van der Waals surface area contributed by atoms with Crippen LogP contribution < -0.4 is 11.2 Å². The van der Waals surface area contributed by atoms with Gasteiger partial charge in [0.2, 0.25) is 5.78 Å². The van der Waals surface area contributed by atoms with Crippen LogP contribution in [0.15, 0.2) is 64.3 Å². The van der Waals surface area contributed by atoms with E-state index in [4.69, 9.17) is 23.2 Å². The van der Waals surface area contributed by atoms with E-state index in [-0.39, 0.29) is 0 Å². The number of halogens is 2. The third-order valence-electron chi connectivity index (χ3n) is 5.19. The van der Waals surface area contributed by atoms with Crippen LogP contribution in [0.5, 0.6) is 0 Å². The summed E-state index contributed by atoms with van der Waals surface area (Å²) < 4.78 is 6.04. The van der Waals surface area contributed by atoms with Gasteiger partial charge in [-0.2, -0.15) is 4.98 Å². The Morgan fingerprint density at radius 1 is 0.933 bits per heavy atom. The fourth-order valence-electron chi connectivity index (χ4n) is 3.69. The van der Waals surface area contributed by atoms with Gasteiger partial charge in [0.05, 0.1) is 10.7 Å². The molecule has 7 nitrogen and oxygen atoms in total. The van der Waals surface area contributed by atoms with E-state index in [2.05, 4.69) is 4.98 Å². The number of benzene rings is 2. The Morgan fingerprint density at radius 2 is 1.67 bits per heavy atom. The van der Waals surface area contributed by atoms with E-state index in [0.29, 0.717) is 27.0 Å². The van der Waals surface area contributed by atoms with Crippen molar-refractivity contribution in [2.45, 2.75) is 0 Å². The molecule has 0 bridgehead atoms. The Labute approximate surface area is 180 Å². The second kappa shape index (κ2) is 6.62. The molecule has 0 saturated heterocycles. The first-order chi connectivity index (χ1) is 14.4. The van der Waals surface area contributed by atoms with Gasteiger partial charge in [0, 0.05) is 36.6 Å². The lowest BCUT2D eigenvalue weighted by Crippen LogP contribution is -2.37. The van der Waals surface area contributed by atoms with E-state index >= 15 is 0 Å². The van der Waals surface area contributed by atoms with E-state index in [1.165, 1.54) is 11.6 Å². The molecule has 5 rings (SSSR count). The van der Waals surface area contributed by atoms with E-state index in [0.717, 1.165) is 21.5 Å². The van der Waals surface area contributed by atoms with Gasteiger partial charge in [-0.1, -0.05) is 41.4 Å². The summed E-state index contributed by atoms with van der Waals surface area (Å²) in [5, 5.41) is 1.01. The first-order valence-electron chi connectivity index (χ1n) is 9.09. The first-order valence-corrected chi connectivity index (χ1v) is 9.84. The summed E-state index contributed by atoms with van der Waals surface area (Å²) in [4.78, 5) is 29.9. The number of hydrogen-bond donors (Lipinski definition) is 0. The maximum absolute atomic E-state index is 12.9. The number of para-hydroxylation sites is 1. The zero-order valence-electron chi connectivity index (χ0n) is 16.0. The predicted octanol–water partition coefficient (Wildman–Crippen LogP) is 3.65. The largest absolute Gasteiger partial charge is 0.332 e. The molecule has 0 saturated carbocycles. The van der Waals surface area contributed by atoms with Crippen LogP contribution in [0, 0.1) is 0 Å². The minimum absolute atomic E-state index is 0.315. The molecule has 3 aromatic heterocycles. The van der Waals surface area contributed by atoms with Crippen molar-refractivity contribution < 1.29 is 0 Å².